The maximum atomic E-state index is 11.1. The maximum absolute atomic E-state index is 11.1. The highest BCUT2D eigenvalue weighted by Crippen LogP contribution is 2.01. The quantitative estimate of drug-likeness (QED) is 0.614. The fraction of sp³-hybridized carbons (Fsp3) is 0.250. The molecule has 7 heteroatoms. The SMILES string of the molecule is O=C(O)CCC(=O)NOC(=O)OCc1ccccc1. The third kappa shape index (κ3) is 6.67. The van der Waals surface area contributed by atoms with E-state index in [1.54, 1.807) is 29.7 Å². The highest BCUT2D eigenvalue weighted by molar-refractivity contribution is 5.80. The van der Waals surface area contributed by atoms with Gasteiger partial charge in [-0.05, 0) is 5.56 Å². The van der Waals surface area contributed by atoms with Gasteiger partial charge < -0.3 is 14.7 Å². The highest BCUT2D eigenvalue weighted by Gasteiger charge is 2.09. The molecule has 0 aromatic heterocycles. The summed E-state index contributed by atoms with van der Waals surface area (Å²) < 4.78 is 4.71. The predicted octanol–water partition coefficient (Wildman–Crippen LogP) is 1.24. The smallest absolute Gasteiger partial charge is 0.481 e. The molecule has 1 aromatic carbocycles. The molecule has 0 aliphatic carbocycles. The number of hydrogen-bond donors (Lipinski definition) is 2. The van der Waals surface area contributed by atoms with Gasteiger partial charge in [-0.3, -0.25) is 9.59 Å². The average molecular weight is 267 g/mol. The van der Waals surface area contributed by atoms with Crippen LogP contribution < -0.4 is 5.48 Å². The second kappa shape index (κ2) is 7.70. The Balaban J connectivity index is 2.17. The van der Waals surface area contributed by atoms with Crippen molar-refractivity contribution in [1.29, 1.82) is 0 Å². The number of rotatable bonds is 5. The summed E-state index contributed by atoms with van der Waals surface area (Å²) in [5.41, 5.74) is 2.57. The average Bonchev–Trinajstić information content (AvgIpc) is 2.41. The minimum atomic E-state index is -1.11. The summed E-state index contributed by atoms with van der Waals surface area (Å²) in [6, 6.07) is 8.93. The van der Waals surface area contributed by atoms with Gasteiger partial charge in [0.1, 0.15) is 6.61 Å². The van der Waals surface area contributed by atoms with Crippen molar-refractivity contribution >= 4 is 18.0 Å². The molecular formula is C12H13NO6. The number of ether oxygens (including phenoxy) is 1. The molecule has 1 amide bonds. The Hall–Kier alpha value is -2.57. The van der Waals surface area contributed by atoms with E-state index in [2.05, 4.69) is 4.84 Å². The molecule has 1 aromatic rings. The van der Waals surface area contributed by atoms with Gasteiger partial charge in [0.05, 0.1) is 6.42 Å². The number of carbonyl (C=O) groups excluding carboxylic acids is 2. The molecule has 0 saturated carbocycles. The fourth-order valence-corrected chi connectivity index (χ4v) is 1.12. The third-order valence-corrected chi connectivity index (χ3v) is 2.01. The molecule has 19 heavy (non-hydrogen) atoms. The molecular weight excluding hydrogens is 254 g/mol. The topological polar surface area (TPSA) is 102 Å². The van der Waals surface area contributed by atoms with E-state index in [0.717, 1.165) is 5.56 Å². The number of hydroxylamine groups is 1. The van der Waals surface area contributed by atoms with Crippen LogP contribution in [-0.2, 0) is 25.8 Å². The van der Waals surface area contributed by atoms with Crippen molar-refractivity contribution in [2.24, 2.45) is 0 Å². The number of benzene rings is 1. The molecule has 102 valence electrons. The van der Waals surface area contributed by atoms with Gasteiger partial charge in [0, 0.05) is 6.42 Å². The minimum absolute atomic E-state index is 0.0185. The zero-order chi connectivity index (χ0) is 14.1. The Morgan fingerprint density at radius 2 is 1.79 bits per heavy atom. The molecule has 2 N–H and O–H groups in total. The molecule has 0 radical (unpaired) electrons. The van der Waals surface area contributed by atoms with Crippen molar-refractivity contribution in [3.63, 3.8) is 0 Å². The van der Waals surface area contributed by atoms with Gasteiger partial charge in [0.25, 0.3) is 5.91 Å². The van der Waals surface area contributed by atoms with Crippen LogP contribution in [0, 0.1) is 0 Å². The van der Waals surface area contributed by atoms with Crippen LogP contribution in [-0.4, -0.2) is 23.1 Å². The van der Waals surface area contributed by atoms with Gasteiger partial charge in [0.2, 0.25) is 0 Å². The largest absolute Gasteiger partial charge is 0.533 e. The number of amides is 1. The molecule has 0 fully saturated rings. The van der Waals surface area contributed by atoms with Crippen LogP contribution in [0.3, 0.4) is 0 Å². The summed E-state index contributed by atoms with van der Waals surface area (Å²) in [6.07, 6.45) is -1.68. The molecule has 7 nitrogen and oxygen atoms in total. The normalized spacial score (nSPS) is 9.47. The van der Waals surface area contributed by atoms with E-state index >= 15 is 0 Å². The van der Waals surface area contributed by atoms with E-state index in [1.807, 2.05) is 6.07 Å². The van der Waals surface area contributed by atoms with Crippen molar-refractivity contribution in [3.05, 3.63) is 35.9 Å². The lowest BCUT2D eigenvalue weighted by Gasteiger charge is -2.06. The monoisotopic (exact) mass is 267 g/mol. The Labute approximate surface area is 109 Å². The van der Waals surface area contributed by atoms with Crippen molar-refractivity contribution in [2.45, 2.75) is 19.4 Å². The Morgan fingerprint density at radius 1 is 1.11 bits per heavy atom. The molecule has 0 heterocycles. The van der Waals surface area contributed by atoms with Gasteiger partial charge in [-0.2, -0.15) is 5.48 Å². The number of carboxylic acids is 1. The van der Waals surface area contributed by atoms with E-state index in [9.17, 15) is 14.4 Å². The van der Waals surface area contributed by atoms with Crippen LogP contribution in [0.2, 0.25) is 0 Å². The lowest BCUT2D eigenvalue weighted by atomic mass is 10.2. The first kappa shape index (κ1) is 14.5. The molecule has 0 spiro atoms. The van der Waals surface area contributed by atoms with Crippen molar-refractivity contribution in [3.8, 4) is 0 Å². The first-order valence-electron chi connectivity index (χ1n) is 5.46. The summed E-state index contributed by atoms with van der Waals surface area (Å²) in [7, 11) is 0. The van der Waals surface area contributed by atoms with Crippen LogP contribution in [0.5, 0.6) is 0 Å². The van der Waals surface area contributed by atoms with Gasteiger partial charge in [-0.1, -0.05) is 30.3 Å². The number of hydrogen-bond acceptors (Lipinski definition) is 5. The zero-order valence-corrected chi connectivity index (χ0v) is 10.00. The van der Waals surface area contributed by atoms with Crippen molar-refractivity contribution in [1.82, 2.24) is 5.48 Å². The van der Waals surface area contributed by atoms with Gasteiger partial charge >= 0.3 is 12.1 Å². The molecule has 1 rings (SSSR count). The highest BCUT2D eigenvalue weighted by atomic mass is 16.8. The molecule has 0 aliphatic rings. The van der Waals surface area contributed by atoms with Crippen LogP contribution in [0.25, 0.3) is 0 Å². The number of carboxylic acid groups (broad SMARTS) is 1. The van der Waals surface area contributed by atoms with Crippen molar-refractivity contribution < 1.29 is 29.1 Å². The first-order chi connectivity index (χ1) is 9.08. The Kier molecular flexibility index (Phi) is 5.87. The number of carbonyl (C=O) groups is 3. The standard InChI is InChI=1S/C12H13NO6/c14-10(6-7-11(15)16)13-19-12(17)18-8-9-4-2-1-3-5-9/h1-5H,6-8H2,(H,13,14)(H,15,16). The summed E-state index contributed by atoms with van der Waals surface area (Å²) in [5.74, 6) is -1.82. The van der Waals surface area contributed by atoms with Crippen molar-refractivity contribution in [2.75, 3.05) is 0 Å². The third-order valence-electron chi connectivity index (χ3n) is 2.01. The zero-order valence-electron chi connectivity index (χ0n) is 10.00. The van der Waals surface area contributed by atoms with Gasteiger partial charge in [-0.25, -0.2) is 4.79 Å². The number of nitrogens with one attached hydrogen (secondary N) is 1. The lowest BCUT2D eigenvalue weighted by molar-refractivity contribution is -0.140. The predicted molar refractivity (Wildman–Crippen MR) is 62.7 cm³/mol. The summed E-state index contributed by atoms with van der Waals surface area (Å²) >= 11 is 0. The number of aliphatic carboxylic acids is 1. The lowest BCUT2D eigenvalue weighted by Crippen LogP contribution is -2.27. The molecule has 0 aliphatic heterocycles. The molecule has 0 atom stereocenters. The van der Waals surface area contributed by atoms with E-state index in [4.69, 9.17) is 9.84 Å². The van der Waals surface area contributed by atoms with Gasteiger partial charge in [-0.15, -0.1) is 0 Å². The molecule has 0 unspecified atom stereocenters. The molecule has 0 saturated heterocycles. The van der Waals surface area contributed by atoms with E-state index in [1.165, 1.54) is 0 Å². The Bertz CT molecular complexity index is 445. The first-order valence-corrected chi connectivity index (χ1v) is 5.46. The summed E-state index contributed by atoms with van der Waals surface area (Å²) in [6.45, 7) is 0.0185. The molecule has 0 bridgehead atoms. The fourth-order valence-electron chi connectivity index (χ4n) is 1.12. The van der Waals surface area contributed by atoms with Crippen LogP contribution in [0.1, 0.15) is 18.4 Å². The maximum Gasteiger partial charge on any atom is 0.533 e. The van der Waals surface area contributed by atoms with E-state index in [-0.39, 0.29) is 19.4 Å². The van der Waals surface area contributed by atoms with Crippen LogP contribution >= 0.6 is 0 Å². The summed E-state index contributed by atoms with van der Waals surface area (Å²) in [4.78, 5) is 36.6. The summed E-state index contributed by atoms with van der Waals surface area (Å²) in [5, 5.41) is 8.34. The van der Waals surface area contributed by atoms with E-state index in [0.29, 0.717) is 0 Å². The van der Waals surface area contributed by atoms with Crippen LogP contribution in [0.4, 0.5) is 4.79 Å². The minimum Gasteiger partial charge on any atom is -0.481 e. The van der Waals surface area contributed by atoms with Gasteiger partial charge in [0.15, 0.2) is 0 Å². The Morgan fingerprint density at radius 3 is 2.42 bits per heavy atom. The van der Waals surface area contributed by atoms with Crippen LogP contribution in [0.15, 0.2) is 30.3 Å². The second-order valence-electron chi connectivity index (χ2n) is 3.55. The second-order valence-corrected chi connectivity index (χ2v) is 3.55. The van der Waals surface area contributed by atoms with E-state index < -0.39 is 18.0 Å².